The molecular weight excluding hydrogens is 184 g/mol. The first-order valence-electron chi connectivity index (χ1n) is 2.84. The van der Waals surface area contributed by atoms with Crippen molar-refractivity contribution in [2.24, 2.45) is 0 Å². The quantitative estimate of drug-likeness (QED) is 0.573. The fourth-order valence-electron chi connectivity index (χ4n) is 0.664. The van der Waals surface area contributed by atoms with Crippen molar-refractivity contribution >= 4 is 29.9 Å². The Morgan fingerprint density at radius 3 is 2.73 bits per heavy atom. The van der Waals surface area contributed by atoms with Gasteiger partial charge in [-0.25, -0.2) is 0 Å². The monoisotopic (exact) mass is 188 g/mol. The third kappa shape index (κ3) is 1.96. The molecule has 1 aromatic rings. The molecule has 0 saturated heterocycles. The van der Waals surface area contributed by atoms with Crippen molar-refractivity contribution in [3.8, 4) is 0 Å². The molecular formula is C7H5ClO2S. The number of hydrogen-bond acceptors (Lipinski definition) is 3. The third-order valence-corrected chi connectivity index (χ3v) is 2.17. The highest BCUT2D eigenvalue weighted by Gasteiger charge is 1.99. The first kappa shape index (κ1) is 8.59. The van der Waals surface area contributed by atoms with Gasteiger partial charge in [-0.3, -0.25) is 4.79 Å². The lowest BCUT2D eigenvalue weighted by Crippen LogP contribution is -1.80. The Bertz CT molecular complexity index is 275. The molecule has 4 heteroatoms. The summed E-state index contributed by atoms with van der Waals surface area (Å²) in [6, 6.07) is 4.70. The highest BCUT2D eigenvalue weighted by atomic mass is 35.5. The molecule has 0 aliphatic heterocycles. The van der Waals surface area contributed by atoms with E-state index in [1.807, 2.05) is 0 Å². The second-order valence-electron chi connectivity index (χ2n) is 1.90. The first-order chi connectivity index (χ1) is 5.27. The van der Waals surface area contributed by atoms with Gasteiger partial charge in [0.2, 0.25) is 0 Å². The van der Waals surface area contributed by atoms with E-state index in [1.165, 1.54) is 6.07 Å². The zero-order valence-corrected chi connectivity index (χ0v) is 7.02. The molecule has 58 valence electrons. The van der Waals surface area contributed by atoms with Crippen molar-refractivity contribution in [3.63, 3.8) is 0 Å². The SMILES string of the molecule is O=Cc1ccc(SO)c(Cl)c1. The van der Waals surface area contributed by atoms with Crippen molar-refractivity contribution < 1.29 is 9.35 Å². The molecule has 0 spiro atoms. The number of benzene rings is 1. The van der Waals surface area contributed by atoms with E-state index >= 15 is 0 Å². The predicted octanol–water partition coefficient (Wildman–Crippen LogP) is 2.72. The molecule has 0 unspecified atom stereocenters. The van der Waals surface area contributed by atoms with E-state index in [1.54, 1.807) is 12.1 Å². The summed E-state index contributed by atoms with van der Waals surface area (Å²) < 4.78 is 8.63. The van der Waals surface area contributed by atoms with Crippen molar-refractivity contribution in [1.82, 2.24) is 0 Å². The first-order valence-corrected chi connectivity index (χ1v) is 3.99. The molecule has 0 bridgehead atoms. The minimum atomic E-state index is 0.391. The highest BCUT2D eigenvalue weighted by Crippen LogP contribution is 2.24. The van der Waals surface area contributed by atoms with E-state index in [0.29, 0.717) is 33.8 Å². The molecule has 2 nitrogen and oxygen atoms in total. The summed E-state index contributed by atoms with van der Waals surface area (Å²) in [5.74, 6) is 0. The lowest BCUT2D eigenvalue weighted by atomic mass is 10.2. The van der Waals surface area contributed by atoms with Gasteiger partial charge in [-0.2, -0.15) is 0 Å². The molecule has 0 radical (unpaired) electrons. The van der Waals surface area contributed by atoms with E-state index in [9.17, 15) is 4.79 Å². The maximum absolute atomic E-state index is 10.2. The molecule has 0 aliphatic rings. The van der Waals surface area contributed by atoms with Gasteiger partial charge in [0.25, 0.3) is 0 Å². The summed E-state index contributed by atoms with van der Waals surface area (Å²) in [5.41, 5.74) is 0.507. The molecule has 11 heavy (non-hydrogen) atoms. The third-order valence-electron chi connectivity index (χ3n) is 1.19. The van der Waals surface area contributed by atoms with E-state index < -0.39 is 0 Å². The standard InChI is InChI=1S/C7H5ClO2S/c8-6-3-5(4-9)1-2-7(6)11-10/h1-4,10H. The molecule has 1 rings (SSSR count). The van der Waals surface area contributed by atoms with Crippen LogP contribution in [0.5, 0.6) is 0 Å². The number of halogens is 1. The maximum Gasteiger partial charge on any atom is 0.150 e. The van der Waals surface area contributed by atoms with Crippen LogP contribution in [-0.2, 0) is 0 Å². The Balaban J connectivity index is 3.09. The van der Waals surface area contributed by atoms with Crippen molar-refractivity contribution in [2.45, 2.75) is 4.90 Å². The fourth-order valence-corrected chi connectivity index (χ4v) is 1.23. The summed E-state index contributed by atoms with van der Waals surface area (Å²) in [4.78, 5) is 10.8. The molecule has 1 aromatic carbocycles. The number of rotatable bonds is 2. The van der Waals surface area contributed by atoms with Crippen LogP contribution in [0.15, 0.2) is 23.1 Å². The second-order valence-corrected chi connectivity index (χ2v) is 2.93. The molecule has 0 fully saturated rings. The average Bonchev–Trinajstić information content (AvgIpc) is 2.04. The van der Waals surface area contributed by atoms with Gasteiger partial charge in [0.15, 0.2) is 0 Å². The van der Waals surface area contributed by atoms with Crippen LogP contribution < -0.4 is 0 Å². The van der Waals surface area contributed by atoms with Gasteiger partial charge < -0.3 is 4.55 Å². The van der Waals surface area contributed by atoms with Gasteiger partial charge in [-0.05, 0) is 12.1 Å². The van der Waals surface area contributed by atoms with Crippen molar-refractivity contribution in [2.75, 3.05) is 0 Å². The molecule has 1 N–H and O–H groups in total. The summed E-state index contributed by atoms with van der Waals surface area (Å²) in [6.07, 6.45) is 0.706. The highest BCUT2D eigenvalue weighted by molar-refractivity contribution is 7.93. The van der Waals surface area contributed by atoms with Gasteiger partial charge in [-0.15, -0.1) is 0 Å². The Labute approximate surface area is 73.4 Å². The number of hydrogen-bond donors (Lipinski definition) is 1. The van der Waals surface area contributed by atoms with Gasteiger partial charge >= 0.3 is 0 Å². The Kier molecular flexibility index (Phi) is 2.93. The largest absolute Gasteiger partial charge is 0.325 e. The fraction of sp³-hybridized carbons (Fsp3) is 0. The zero-order chi connectivity index (χ0) is 8.27. The van der Waals surface area contributed by atoms with Crippen LogP contribution in [0, 0.1) is 0 Å². The second kappa shape index (κ2) is 3.76. The number of aldehydes is 1. The van der Waals surface area contributed by atoms with Crippen molar-refractivity contribution in [3.05, 3.63) is 28.8 Å². The van der Waals surface area contributed by atoms with Crippen LogP contribution in [0.1, 0.15) is 10.4 Å². The number of carbonyl (C=O) groups is 1. The van der Waals surface area contributed by atoms with Crippen LogP contribution in [-0.4, -0.2) is 10.8 Å². The lowest BCUT2D eigenvalue weighted by Gasteiger charge is -1.97. The normalized spacial score (nSPS) is 9.64. The average molecular weight is 189 g/mol. The Morgan fingerprint density at radius 1 is 1.55 bits per heavy atom. The van der Waals surface area contributed by atoms with Crippen LogP contribution in [0.4, 0.5) is 0 Å². The van der Waals surface area contributed by atoms with Gasteiger partial charge in [0.1, 0.15) is 6.29 Å². The Morgan fingerprint density at radius 2 is 2.27 bits per heavy atom. The van der Waals surface area contributed by atoms with Crippen LogP contribution in [0.2, 0.25) is 5.02 Å². The maximum atomic E-state index is 10.2. The van der Waals surface area contributed by atoms with Gasteiger partial charge in [-0.1, -0.05) is 17.7 Å². The smallest absolute Gasteiger partial charge is 0.150 e. The molecule has 0 atom stereocenters. The summed E-state index contributed by atoms with van der Waals surface area (Å²) in [7, 11) is 0. The molecule has 0 saturated carbocycles. The molecule has 0 amide bonds. The molecule has 0 aliphatic carbocycles. The topological polar surface area (TPSA) is 37.3 Å². The van der Waals surface area contributed by atoms with Crippen LogP contribution >= 0.6 is 23.6 Å². The zero-order valence-electron chi connectivity index (χ0n) is 5.45. The lowest BCUT2D eigenvalue weighted by molar-refractivity contribution is 0.112. The van der Waals surface area contributed by atoms with E-state index in [2.05, 4.69) is 0 Å². The summed E-state index contributed by atoms with van der Waals surface area (Å²) >= 11 is 6.24. The number of carbonyl (C=O) groups excluding carboxylic acids is 1. The summed E-state index contributed by atoms with van der Waals surface area (Å²) in [5, 5.41) is 0.391. The van der Waals surface area contributed by atoms with Crippen LogP contribution in [0.25, 0.3) is 0 Å². The van der Waals surface area contributed by atoms with E-state index in [4.69, 9.17) is 16.2 Å². The van der Waals surface area contributed by atoms with Crippen molar-refractivity contribution in [1.29, 1.82) is 0 Å². The predicted molar refractivity (Wildman–Crippen MR) is 45.3 cm³/mol. The van der Waals surface area contributed by atoms with E-state index in [0.717, 1.165) is 0 Å². The molecule has 0 heterocycles. The molecule has 0 aromatic heterocycles. The van der Waals surface area contributed by atoms with Gasteiger partial charge in [0.05, 0.1) is 9.92 Å². The summed E-state index contributed by atoms with van der Waals surface area (Å²) in [6.45, 7) is 0. The minimum absolute atomic E-state index is 0.391. The van der Waals surface area contributed by atoms with Crippen LogP contribution in [0.3, 0.4) is 0 Å². The minimum Gasteiger partial charge on any atom is -0.325 e. The van der Waals surface area contributed by atoms with Gasteiger partial charge in [0, 0.05) is 17.6 Å². The Hall–Kier alpha value is -0.510. The van der Waals surface area contributed by atoms with E-state index in [-0.39, 0.29) is 0 Å².